The molecule has 0 spiro atoms. The third-order valence-electron chi connectivity index (χ3n) is 2.02. The van der Waals surface area contributed by atoms with Crippen LogP contribution >= 0.6 is 0 Å². The SMILES string of the molecule is C=CC1(OC(CC)CC)CO1. The predicted octanol–water partition coefficient (Wildman–Crippen LogP) is 2.10. The van der Waals surface area contributed by atoms with Gasteiger partial charge in [0.1, 0.15) is 6.61 Å². The molecule has 0 radical (unpaired) electrons. The van der Waals surface area contributed by atoms with Crippen LogP contribution in [-0.2, 0) is 9.47 Å². The minimum atomic E-state index is -0.420. The lowest BCUT2D eigenvalue weighted by Crippen LogP contribution is -2.21. The number of rotatable bonds is 5. The molecule has 0 aromatic carbocycles. The molecule has 0 bridgehead atoms. The first-order valence-corrected chi connectivity index (χ1v) is 4.21. The summed E-state index contributed by atoms with van der Waals surface area (Å²) >= 11 is 0. The fourth-order valence-electron chi connectivity index (χ4n) is 1.04. The Morgan fingerprint density at radius 3 is 2.45 bits per heavy atom. The smallest absolute Gasteiger partial charge is 0.212 e. The Labute approximate surface area is 68.2 Å². The summed E-state index contributed by atoms with van der Waals surface area (Å²) < 4.78 is 10.8. The molecule has 0 aliphatic carbocycles. The minimum absolute atomic E-state index is 0.315. The van der Waals surface area contributed by atoms with Crippen molar-refractivity contribution in [1.82, 2.24) is 0 Å². The molecule has 0 saturated carbocycles. The molecule has 1 aliphatic heterocycles. The van der Waals surface area contributed by atoms with Crippen molar-refractivity contribution in [2.75, 3.05) is 6.61 Å². The van der Waals surface area contributed by atoms with Crippen LogP contribution in [0.3, 0.4) is 0 Å². The quantitative estimate of drug-likeness (QED) is 0.449. The highest BCUT2D eigenvalue weighted by Crippen LogP contribution is 2.32. The highest BCUT2D eigenvalue weighted by molar-refractivity contribution is 4.99. The lowest BCUT2D eigenvalue weighted by molar-refractivity contribution is -0.0625. The van der Waals surface area contributed by atoms with E-state index in [1.54, 1.807) is 6.08 Å². The summed E-state index contributed by atoms with van der Waals surface area (Å²) in [5, 5.41) is 0. The summed E-state index contributed by atoms with van der Waals surface area (Å²) in [4.78, 5) is 0. The first-order chi connectivity index (χ1) is 5.26. The van der Waals surface area contributed by atoms with Gasteiger partial charge >= 0.3 is 0 Å². The molecule has 0 amide bonds. The Balaban J connectivity index is 2.33. The molecule has 2 heteroatoms. The molecule has 11 heavy (non-hydrogen) atoms. The molecule has 1 fully saturated rings. The zero-order valence-electron chi connectivity index (χ0n) is 7.30. The Kier molecular flexibility index (Phi) is 2.68. The van der Waals surface area contributed by atoms with Crippen LogP contribution in [0.1, 0.15) is 26.7 Å². The van der Waals surface area contributed by atoms with E-state index in [-0.39, 0.29) is 0 Å². The largest absolute Gasteiger partial charge is 0.341 e. The molecular formula is C9H16O2. The van der Waals surface area contributed by atoms with Crippen LogP contribution in [0, 0.1) is 0 Å². The van der Waals surface area contributed by atoms with Crippen molar-refractivity contribution >= 4 is 0 Å². The van der Waals surface area contributed by atoms with Crippen LogP contribution in [-0.4, -0.2) is 18.5 Å². The van der Waals surface area contributed by atoms with Gasteiger partial charge in [-0.25, -0.2) is 0 Å². The highest BCUT2D eigenvalue weighted by Gasteiger charge is 2.44. The van der Waals surface area contributed by atoms with E-state index in [0.717, 1.165) is 12.8 Å². The molecule has 0 aromatic heterocycles. The molecule has 1 heterocycles. The van der Waals surface area contributed by atoms with Crippen LogP contribution in [0.5, 0.6) is 0 Å². The molecule has 2 nitrogen and oxygen atoms in total. The van der Waals surface area contributed by atoms with Crippen molar-refractivity contribution in [3.63, 3.8) is 0 Å². The first-order valence-electron chi connectivity index (χ1n) is 4.21. The van der Waals surface area contributed by atoms with E-state index < -0.39 is 5.79 Å². The van der Waals surface area contributed by atoms with Crippen LogP contribution < -0.4 is 0 Å². The lowest BCUT2D eigenvalue weighted by Gasteiger charge is -2.16. The Morgan fingerprint density at radius 2 is 2.18 bits per heavy atom. The van der Waals surface area contributed by atoms with E-state index in [0.29, 0.717) is 12.7 Å². The van der Waals surface area contributed by atoms with Crippen LogP contribution in [0.4, 0.5) is 0 Å². The molecule has 1 aliphatic rings. The Morgan fingerprint density at radius 1 is 1.64 bits per heavy atom. The van der Waals surface area contributed by atoms with Crippen LogP contribution in [0.25, 0.3) is 0 Å². The van der Waals surface area contributed by atoms with Gasteiger partial charge in [0.2, 0.25) is 5.79 Å². The molecule has 1 rings (SSSR count). The molecule has 0 N–H and O–H groups in total. The second-order valence-corrected chi connectivity index (χ2v) is 2.86. The fraction of sp³-hybridized carbons (Fsp3) is 0.778. The van der Waals surface area contributed by atoms with Crippen molar-refractivity contribution in [3.8, 4) is 0 Å². The first kappa shape index (κ1) is 8.75. The number of hydrogen-bond acceptors (Lipinski definition) is 2. The van der Waals surface area contributed by atoms with Gasteiger partial charge in [-0.1, -0.05) is 20.4 Å². The molecule has 1 unspecified atom stereocenters. The van der Waals surface area contributed by atoms with Crippen molar-refractivity contribution in [2.24, 2.45) is 0 Å². The van der Waals surface area contributed by atoms with Gasteiger partial charge < -0.3 is 9.47 Å². The van der Waals surface area contributed by atoms with Gasteiger partial charge in [-0.3, -0.25) is 0 Å². The second-order valence-electron chi connectivity index (χ2n) is 2.86. The van der Waals surface area contributed by atoms with E-state index >= 15 is 0 Å². The van der Waals surface area contributed by atoms with E-state index in [1.165, 1.54) is 0 Å². The van der Waals surface area contributed by atoms with Gasteiger partial charge in [-0.15, -0.1) is 0 Å². The Bertz CT molecular complexity index is 134. The molecular weight excluding hydrogens is 140 g/mol. The van der Waals surface area contributed by atoms with Crippen LogP contribution in [0.15, 0.2) is 12.7 Å². The second kappa shape index (κ2) is 3.37. The summed E-state index contributed by atoms with van der Waals surface area (Å²) in [6.07, 6.45) is 4.13. The van der Waals surface area contributed by atoms with Gasteiger partial charge in [0.05, 0.1) is 6.10 Å². The zero-order chi connectivity index (χ0) is 8.32. The van der Waals surface area contributed by atoms with E-state index in [4.69, 9.17) is 9.47 Å². The third-order valence-corrected chi connectivity index (χ3v) is 2.02. The topological polar surface area (TPSA) is 21.8 Å². The van der Waals surface area contributed by atoms with Crippen molar-refractivity contribution in [2.45, 2.75) is 38.6 Å². The average Bonchev–Trinajstić information content (AvgIpc) is 2.81. The standard InChI is InChI=1S/C9H16O2/c1-4-8(5-2)11-9(6-3)7-10-9/h6,8H,3-5,7H2,1-2H3. The normalized spacial score (nSPS) is 29.0. The van der Waals surface area contributed by atoms with Gasteiger partial charge in [0.25, 0.3) is 0 Å². The lowest BCUT2D eigenvalue weighted by atomic mass is 10.2. The fourth-order valence-corrected chi connectivity index (χ4v) is 1.04. The molecule has 1 atom stereocenters. The van der Waals surface area contributed by atoms with Crippen molar-refractivity contribution < 1.29 is 9.47 Å². The van der Waals surface area contributed by atoms with Gasteiger partial charge in [-0.2, -0.15) is 0 Å². The van der Waals surface area contributed by atoms with Gasteiger partial charge in [-0.05, 0) is 18.9 Å². The maximum absolute atomic E-state index is 5.66. The number of epoxide rings is 1. The average molecular weight is 156 g/mol. The van der Waals surface area contributed by atoms with Crippen LogP contribution in [0.2, 0.25) is 0 Å². The summed E-state index contributed by atoms with van der Waals surface area (Å²) in [6.45, 7) is 8.58. The maximum Gasteiger partial charge on any atom is 0.212 e. The van der Waals surface area contributed by atoms with Gasteiger partial charge in [0.15, 0.2) is 0 Å². The third kappa shape index (κ3) is 2.04. The van der Waals surface area contributed by atoms with E-state index in [1.807, 2.05) is 0 Å². The molecule has 64 valence electrons. The maximum atomic E-state index is 5.66. The molecule has 0 aromatic rings. The number of hydrogen-bond donors (Lipinski definition) is 0. The molecule has 1 saturated heterocycles. The van der Waals surface area contributed by atoms with E-state index in [2.05, 4.69) is 20.4 Å². The summed E-state index contributed by atoms with van der Waals surface area (Å²) in [5.41, 5.74) is 0. The van der Waals surface area contributed by atoms with Crippen molar-refractivity contribution in [1.29, 1.82) is 0 Å². The number of ether oxygens (including phenoxy) is 2. The summed E-state index contributed by atoms with van der Waals surface area (Å²) in [5.74, 6) is -0.420. The monoisotopic (exact) mass is 156 g/mol. The summed E-state index contributed by atoms with van der Waals surface area (Å²) in [6, 6.07) is 0. The highest BCUT2D eigenvalue weighted by atomic mass is 16.8. The van der Waals surface area contributed by atoms with Gasteiger partial charge in [0, 0.05) is 0 Å². The predicted molar refractivity (Wildman–Crippen MR) is 44.3 cm³/mol. The van der Waals surface area contributed by atoms with E-state index in [9.17, 15) is 0 Å². The van der Waals surface area contributed by atoms with Crippen molar-refractivity contribution in [3.05, 3.63) is 12.7 Å². The zero-order valence-corrected chi connectivity index (χ0v) is 7.30. The minimum Gasteiger partial charge on any atom is -0.341 e. The summed E-state index contributed by atoms with van der Waals surface area (Å²) in [7, 11) is 0. The Hall–Kier alpha value is -0.340.